The fourth-order valence-corrected chi connectivity index (χ4v) is 2.02. The number of hydrogen-bond donors (Lipinski definition) is 6. The average molecular weight is 353 g/mol. The van der Waals surface area contributed by atoms with Crippen LogP contribution in [0.3, 0.4) is 0 Å². The van der Waals surface area contributed by atoms with Crippen LogP contribution in [0.2, 0.25) is 0 Å². The van der Waals surface area contributed by atoms with Gasteiger partial charge >= 0.3 is 5.97 Å². The molecule has 25 heavy (non-hydrogen) atoms. The lowest BCUT2D eigenvalue weighted by Crippen LogP contribution is -2.56. The molecule has 0 radical (unpaired) electrons. The lowest BCUT2D eigenvalue weighted by molar-refractivity contribution is -0.145. The summed E-state index contributed by atoms with van der Waals surface area (Å²) in [5.74, 6) is -2.70. The van der Waals surface area contributed by atoms with Gasteiger partial charge < -0.3 is 31.7 Å². The number of aromatic hydroxyl groups is 1. The smallest absolute Gasteiger partial charge is 0.328 e. The number of amides is 2. The number of hydrogen-bond acceptors (Lipinski definition) is 6. The first-order valence-electron chi connectivity index (χ1n) is 7.67. The van der Waals surface area contributed by atoms with E-state index < -0.39 is 42.0 Å². The van der Waals surface area contributed by atoms with Crippen molar-refractivity contribution in [2.45, 2.75) is 44.5 Å². The molecule has 4 atom stereocenters. The van der Waals surface area contributed by atoms with Gasteiger partial charge in [-0.2, -0.15) is 0 Å². The fourth-order valence-electron chi connectivity index (χ4n) is 2.02. The maximum absolute atomic E-state index is 12.4. The summed E-state index contributed by atoms with van der Waals surface area (Å²) in [6.45, 7) is 2.68. The van der Waals surface area contributed by atoms with Gasteiger partial charge in [-0.25, -0.2) is 4.79 Å². The van der Waals surface area contributed by atoms with Gasteiger partial charge in [-0.1, -0.05) is 12.1 Å². The van der Waals surface area contributed by atoms with Gasteiger partial charge in [-0.05, 0) is 31.5 Å². The third-order valence-corrected chi connectivity index (χ3v) is 3.47. The second-order valence-corrected chi connectivity index (χ2v) is 5.79. The second-order valence-electron chi connectivity index (χ2n) is 5.79. The van der Waals surface area contributed by atoms with E-state index >= 15 is 0 Å². The highest BCUT2D eigenvalue weighted by molar-refractivity contribution is 5.92. The first kappa shape index (κ1) is 20.4. The topological polar surface area (TPSA) is 162 Å². The highest BCUT2D eigenvalue weighted by atomic mass is 16.4. The van der Waals surface area contributed by atoms with Crippen LogP contribution in [0.15, 0.2) is 24.3 Å². The fraction of sp³-hybridized carbons (Fsp3) is 0.438. The molecule has 9 nitrogen and oxygen atoms in total. The molecule has 0 spiro atoms. The molecule has 0 aromatic heterocycles. The Morgan fingerprint density at radius 1 is 1.08 bits per heavy atom. The van der Waals surface area contributed by atoms with E-state index in [1.807, 2.05) is 0 Å². The quantitative estimate of drug-likeness (QED) is 0.339. The zero-order chi connectivity index (χ0) is 19.1. The molecule has 7 N–H and O–H groups in total. The number of aliphatic hydroxyl groups excluding tert-OH is 1. The van der Waals surface area contributed by atoms with Crippen LogP contribution in [-0.2, 0) is 20.8 Å². The van der Waals surface area contributed by atoms with E-state index in [1.54, 1.807) is 12.1 Å². The van der Waals surface area contributed by atoms with Crippen molar-refractivity contribution in [2.24, 2.45) is 5.73 Å². The van der Waals surface area contributed by atoms with Gasteiger partial charge in [0.05, 0.1) is 12.1 Å². The maximum Gasteiger partial charge on any atom is 0.328 e. The number of benzene rings is 1. The minimum Gasteiger partial charge on any atom is -0.508 e. The van der Waals surface area contributed by atoms with E-state index in [0.29, 0.717) is 5.56 Å². The first-order chi connectivity index (χ1) is 11.6. The molecule has 0 aliphatic rings. The minimum atomic E-state index is -1.51. The summed E-state index contributed by atoms with van der Waals surface area (Å²) in [7, 11) is 0. The van der Waals surface area contributed by atoms with Crippen molar-refractivity contribution in [3.8, 4) is 5.75 Å². The molecule has 2 amide bonds. The maximum atomic E-state index is 12.4. The summed E-state index contributed by atoms with van der Waals surface area (Å²) in [4.78, 5) is 35.4. The van der Waals surface area contributed by atoms with Crippen LogP contribution >= 0.6 is 0 Å². The largest absolute Gasteiger partial charge is 0.508 e. The van der Waals surface area contributed by atoms with Crippen molar-refractivity contribution >= 4 is 17.8 Å². The molecule has 1 rings (SSSR count). The molecule has 0 aliphatic heterocycles. The molecule has 0 bridgehead atoms. The zero-order valence-electron chi connectivity index (χ0n) is 14.0. The third kappa shape index (κ3) is 6.40. The van der Waals surface area contributed by atoms with E-state index in [2.05, 4.69) is 10.6 Å². The molecular formula is C16H23N3O6. The van der Waals surface area contributed by atoms with Crippen LogP contribution in [-0.4, -0.2) is 57.3 Å². The summed E-state index contributed by atoms with van der Waals surface area (Å²) < 4.78 is 0. The number of carbonyl (C=O) groups excluding carboxylic acids is 2. The molecule has 0 aliphatic carbocycles. The van der Waals surface area contributed by atoms with E-state index in [1.165, 1.54) is 26.0 Å². The van der Waals surface area contributed by atoms with Crippen molar-refractivity contribution in [3.63, 3.8) is 0 Å². The molecule has 1 aromatic rings. The van der Waals surface area contributed by atoms with Crippen molar-refractivity contribution in [2.75, 3.05) is 0 Å². The number of phenols is 1. The zero-order valence-corrected chi connectivity index (χ0v) is 14.0. The Morgan fingerprint density at radius 3 is 2.08 bits per heavy atom. The predicted octanol–water partition coefficient (Wildman–Crippen LogP) is -1.28. The highest BCUT2D eigenvalue weighted by Crippen LogP contribution is 2.12. The lowest BCUT2D eigenvalue weighted by atomic mass is 10.0. The van der Waals surface area contributed by atoms with Crippen LogP contribution in [0, 0.1) is 0 Å². The molecule has 0 saturated carbocycles. The standard InChI is InChI=1S/C16H23N3O6/c1-8(17)14(22)18-12(7-10-3-5-11(21)6-4-10)15(23)19-13(9(2)20)16(24)25/h3-6,8-9,12-13,20-21H,7,17H2,1-2H3,(H,18,22)(H,19,23)(H,24,25)/t8-,9+,12-,13-/m0/s1. The Labute approximate surface area is 144 Å². The number of nitrogens with two attached hydrogens (primary N) is 1. The number of rotatable bonds is 8. The van der Waals surface area contributed by atoms with E-state index in [-0.39, 0.29) is 12.2 Å². The number of carboxylic acids is 1. The summed E-state index contributed by atoms with van der Waals surface area (Å²) in [5.41, 5.74) is 6.12. The predicted molar refractivity (Wildman–Crippen MR) is 88.6 cm³/mol. The molecule has 0 saturated heterocycles. The Balaban J connectivity index is 2.95. The second kappa shape index (κ2) is 9.00. The third-order valence-electron chi connectivity index (χ3n) is 3.47. The van der Waals surface area contributed by atoms with Crippen molar-refractivity contribution in [1.29, 1.82) is 0 Å². The van der Waals surface area contributed by atoms with Crippen LogP contribution in [0.25, 0.3) is 0 Å². The lowest BCUT2D eigenvalue weighted by Gasteiger charge is -2.23. The number of aliphatic hydroxyl groups is 1. The summed E-state index contributed by atoms with van der Waals surface area (Å²) in [6, 6.07) is 2.52. The highest BCUT2D eigenvalue weighted by Gasteiger charge is 2.30. The van der Waals surface area contributed by atoms with Gasteiger partial charge in [0.25, 0.3) is 0 Å². The first-order valence-corrected chi connectivity index (χ1v) is 7.67. The SMILES string of the molecule is C[C@H](N)C(=O)N[C@@H](Cc1ccc(O)cc1)C(=O)N[C@H](C(=O)O)[C@@H](C)O. The van der Waals surface area contributed by atoms with Gasteiger partial charge in [0.2, 0.25) is 11.8 Å². The number of phenolic OH excluding ortho intramolecular Hbond substituents is 1. The van der Waals surface area contributed by atoms with E-state index in [4.69, 9.17) is 10.8 Å². The molecule has 0 heterocycles. The Hall–Kier alpha value is -2.65. The van der Waals surface area contributed by atoms with Crippen LogP contribution in [0.1, 0.15) is 19.4 Å². The summed E-state index contributed by atoms with van der Waals surface area (Å²) in [6.07, 6.45) is -1.27. The van der Waals surface area contributed by atoms with Gasteiger partial charge in [-0.3, -0.25) is 9.59 Å². The van der Waals surface area contributed by atoms with E-state index in [9.17, 15) is 24.6 Å². The Kier molecular flexibility index (Phi) is 7.34. The number of nitrogens with one attached hydrogen (secondary N) is 2. The molecular weight excluding hydrogens is 330 g/mol. The number of carboxylic acid groups (broad SMARTS) is 1. The van der Waals surface area contributed by atoms with Crippen LogP contribution < -0.4 is 16.4 Å². The van der Waals surface area contributed by atoms with Crippen LogP contribution in [0.5, 0.6) is 5.75 Å². The molecule has 1 aromatic carbocycles. The number of aliphatic carboxylic acids is 1. The average Bonchev–Trinajstić information content (AvgIpc) is 2.52. The monoisotopic (exact) mass is 353 g/mol. The number of carbonyl (C=O) groups is 3. The van der Waals surface area contributed by atoms with Crippen molar-refractivity contribution in [1.82, 2.24) is 10.6 Å². The summed E-state index contributed by atoms with van der Waals surface area (Å²) >= 11 is 0. The molecule has 9 heteroatoms. The van der Waals surface area contributed by atoms with Crippen LogP contribution in [0.4, 0.5) is 0 Å². The van der Waals surface area contributed by atoms with Crippen molar-refractivity contribution in [3.05, 3.63) is 29.8 Å². The van der Waals surface area contributed by atoms with Gasteiger partial charge in [0.1, 0.15) is 11.8 Å². The minimum absolute atomic E-state index is 0.0458. The molecule has 138 valence electrons. The summed E-state index contributed by atoms with van der Waals surface area (Å²) in [5, 5.41) is 32.5. The van der Waals surface area contributed by atoms with Gasteiger partial charge in [-0.15, -0.1) is 0 Å². The molecule has 0 fully saturated rings. The molecule has 0 unspecified atom stereocenters. The van der Waals surface area contributed by atoms with Crippen molar-refractivity contribution < 1.29 is 29.7 Å². The normalized spacial score (nSPS) is 15.5. The Bertz CT molecular complexity index is 615. The van der Waals surface area contributed by atoms with Gasteiger partial charge in [0.15, 0.2) is 6.04 Å². The Morgan fingerprint density at radius 2 is 1.64 bits per heavy atom. The van der Waals surface area contributed by atoms with E-state index in [0.717, 1.165) is 0 Å². The van der Waals surface area contributed by atoms with Gasteiger partial charge in [0, 0.05) is 6.42 Å².